The fourth-order valence-corrected chi connectivity index (χ4v) is 2.13. The zero-order valence-electron chi connectivity index (χ0n) is 16.2. The molecule has 0 spiro atoms. The minimum absolute atomic E-state index is 0.0153. The third-order valence-electron chi connectivity index (χ3n) is 3.34. The Kier molecular flexibility index (Phi) is 7.39. The number of nitrogens with one attached hydrogen (secondary N) is 2. The lowest BCUT2D eigenvalue weighted by molar-refractivity contribution is -0.114. The van der Waals surface area contributed by atoms with Crippen molar-refractivity contribution < 1.29 is 19.0 Å². The van der Waals surface area contributed by atoms with E-state index in [9.17, 15) is 9.59 Å². The van der Waals surface area contributed by atoms with Gasteiger partial charge in [0.15, 0.2) is 5.52 Å². The van der Waals surface area contributed by atoms with Crippen LogP contribution in [0.2, 0.25) is 0 Å². The second-order valence-electron chi connectivity index (χ2n) is 6.54. The van der Waals surface area contributed by atoms with E-state index in [2.05, 4.69) is 25.6 Å². The van der Waals surface area contributed by atoms with E-state index < -0.39 is 5.56 Å². The van der Waals surface area contributed by atoms with Crippen molar-refractivity contribution in [1.29, 1.82) is 0 Å². The van der Waals surface area contributed by atoms with Gasteiger partial charge in [-0.3, -0.25) is 19.9 Å². The third-order valence-corrected chi connectivity index (χ3v) is 3.34. The highest BCUT2D eigenvalue weighted by Gasteiger charge is 2.16. The number of rotatable bonds is 10. The zero-order chi connectivity index (χ0) is 20.0. The summed E-state index contributed by atoms with van der Waals surface area (Å²) in [5.74, 6) is -0.340. The van der Waals surface area contributed by atoms with Crippen molar-refractivity contribution >= 4 is 23.0 Å². The number of carbonyl (C=O) groups is 1. The van der Waals surface area contributed by atoms with Crippen molar-refractivity contribution in [3.8, 4) is 0 Å². The van der Waals surface area contributed by atoms with Crippen molar-refractivity contribution in [2.45, 2.75) is 59.7 Å². The number of hydrogen-bond acceptors (Lipinski definition) is 8. The number of anilines is 1. The van der Waals surface area contributed by atoms with E-state index in [1.165, 1.54) is 11.6 Å². The first kappa shape index (κ1) is 20.9. The molecule has 11 heteroatoms. The van der Waals surface area contributed by atoms with Gasteiger partial charge in [0.05, 0.1) is 25.4 Å². The highest BCUT2D eigenvalue weighted by atomic mass is 16.6. The van der Waals surface area contributed by atoms with Crippen molar-refractivity contribution in [2.24, 2.45) is 0 Å². The number of aromatic amines is 1. The largest absolute Gasteiger partial charge is 0.376 e. The maximum Gasteiger partial charge on any atom is 0.280 e. The summed E-state index contributed by atoms with van der Waals surface area (Å²) in [5, 5.41) is 10.2. The molecule has 0 atom stereocenters. The van der Waals surface area contributed by atoms with Gasteiger partial charge in [-0.25, -0.2) is 4.68 Å². The fraction of sp³-hybridized carbons (Fsp3) is 0.688. The van der Waals surface area contributed by atoms with Gasteiger partial charge in [0.25, 0.3) is 5.56 Å². The average molecular weight is 382 g/mol. The van der Waals surface area contributed by atoms with E-state index in [4.69, 9.17) is 14.2 Å². The first-order valence-corrected chi connectivity index (χ1v) is 8.72. The van der Waals surface area contributed by atoms with Gasteiger partial charge in [-0.1, -0.05) is 5.21 Å². The Hall–Kier alpha value is -2.37. The summed E-state index contributed by atoms with van der Waals surface area (Å²) >= 11 is 0. The molecule has 0 unspecified atom stereocenters. The second-order valence-corrected chi connectivity index (χ2v) is 6.54. The topological polar surface area (TPSA) is 133 Å². The Labute approximate surface area is 156 Å². The molecule has 0 radical (unpaired) electrons. The Morgan fingerprint density at radius 3 is 2.33 bits per heavy atom. The van der Waals surface area contributed by atoms with E-state index in [-0.39, 0.29) is 48.1 Å². The smallest absolute Gasteiger partial charge is 0.280 e. The van der Waals surface area contributed by atoms with E-state index in [0.717, 1.165) is 0 Å². The first-order chi connectivity index (χ1) is 12.8. The highest BCUT2D eigenvalue weighted by Crippen LogP contribution is 2.08. The minimum atomic E-state index is -0.481. The lowest BCUT2D eigenvalue weighted by Crippen LogP contribution is -2.30. The number of carbonyl (C=O) groups excluding carboxylic acids is 1. The molecule has 27 heavy (non-hydrogen) atoms. The Morgan fingerprint density at radius 1 is 1.15 bits per heavy atom. The molecule has 0 aromatic carbocycles. The van der Waals surface area contributed by atoms with Gasteiger partial charge >= 0.3 is 0 Å². The zero-order valence-corrected chi connectivity index (χ0v) is 16.2. The molecular weight excluding hydrogens is 356 g/mol. The maximum absolute atomic E-state index is 12.3. The molecule has 2 aromatic rings. The molecular formula is C16H26N6O5. The predicted molar refractivity (Wildman–Crippen MR) is 97.3 cm³/mol. The van der Waals surface area contributed by atoms with Gasteiger partial charge in [0.2, 0.25) is 17.5 Å². The SMILES string of the molecule is CC(=O)Nc1nc2nnn(COC(COC(C)C)COC(C)C)c2c(=O)[nH]1. The molecule has 2 heterocycles. The molecule has 0 bridgehead atoms. The molecule has 2 aromatic heterocycles. The van der Waals surface area contributed by atoms with E-state index in [1.54, 1.807) is 0 Å². The molecule has 0 saturated carbocycles. The predicted octanol–water partition coefficient (Wildman–Crippen LogP) is 0.666. The lowest BCUT2D eigenvalue weighted by atomic mass is 10.3. The van der Waals surface area contributed by atoms with E-state index in [0.29, 0.717) is 13.2 Å². The third kappa shape index (κ3) is 6.38. The first-order valence-electron chi connectivity index (χ1n) is 8.72. The average Bonchev–Trinajstić information content (AvgIpc) is 2.96. The summed E-state index contributed by atoms with van der Waals surface area (Å²) in [7, 11) is 0. The number of hydrogen-bond donors (Lipinski definition) is 2. The van der Waals surface area contributed by atoms with Crippen LogP contribution in [0.4, 0.5) is 5.95 Å². The molecule has 2 N–H and O–H groups in total. The van der Waals surface area contributed by atoms with Crippen LogP contribution in [-0.2, 0) is 25.7 Å². The summed E-state index contributed by atoms with van der Waals surface area (Å²) in [6.07, 6.45) is -0.220. The molecule has 11 nitrogen and oxygen atoms in total. The van der Waals surface area contributed by atoms with Crippen molar-refractivity contribution in [3.05, 3.63) is 10.4 Å². The number of ether oxygens (including phenoxy) is 3. The Bertz CT molecular complexity index is 803. The fourth-order valence-electron chi connectivity index (χ4n) is 2.13. The van der Waals surface area contributed by atoms with E-state index >= 15 is 0 Å². The quantitative estimate of drug-likeness (QED) is 0.612. The van der Waals surface area contributed by atoms with Crippen LogP contribution in [0.5, 0.6) is 0 Å². The van der Waals surface area contributed by atoms with Crippen LogP contribution in [0.25, 0.3) is 11.2 Å². The number of fused-ring (bicyclic) bond motifs is 1. The lowest BCUT2D eigenvalue weighted by Gasteiger charge is -2.20. The number of nitrogens with zero attached hydrogens (tertiary/aromatic N) is 4. The number of H-pyrrole nitrogens is 1. The highest BCUT2D eigenvalue weighted by molar-refractivity contribution is 5.87. The normalized spacial score (nSPS) is 11.9. The molecule has 2 rings (SSSR count). The monoisotopic (exact) mass is 382 g/mol. The van der Waals surface area contributed by atoms with Gasteiger partial charge in [-0.05, 0) is 27.7 Å². The summed E-state index contributed by atoms with van der Waals surface area (Å²) in [4.78, 5) is 29.9. The molecule has 0 aliphatic heterocycles. The molecule has 1 amide bonds. The summed E-state index contributed by atoms with van der Waals surface area (Å²) in [6, 6.07) is 0. The van der Waals surface area contributed by atoms with Crippen molar-refractivity contribution in [3.63, 3.8) is 0 Å². The number of amides is 1. The van der Waals surface area contributed by atoms with Crippen LogP contribution >= 0.6 is 0 Å². The van der Waals surface area contributed by atoms with Crippen LogP contribution in [0.3, 0.4) is 0 Å². The summed E-state index contributed by atoms with van der Waals surface area (Å²) < 4.78 is 18.3. The second kappa shape index (κ2) is 9.53. The van der Waals surface area contributed by atoms with Gasteiger partial charge in [-0.15, -0.1) is 5.10 Å². The summed E-state index contributed by atoms with van der Waals surface area (Å²) in [5.41, 5.74) is -0.220. The molecule has 0 saturated heterocycles. The van der Waals surface area contributed by atoms with Crippen LogP contribution in [0.1, 0.15) is 34.6 Å². The molecule has 0 aliphatic carbocycles. The van der Waals surface area contributed by atoms with Crippen LogP contribution in [-0.4, -0.2) is 62.4 Å². The van der Waals surface area contributed by atoms with Crippen LogP contribution in [0, 0.1) is 0 Å². The maximum atomic E-state index is 12.3. The van der Waals surface area contributed by atoms with Gasteiger partial charge in [0, 0.05) is 6.92 Å². The standard InChI is InChI=1S/C16H26N6O5/c1-9(2)25-6-12(7-26-10(3)4)27-8-22-13-14(20-21-22)18-16(17-11(5)23)19-15(13)24/h9-10,12H,6-8H2,1-5H3,(H2,17,18,19,23,24). The van der Waals surface area contributed by atoms with Gasteiger partial charge < -0.3 is 14.2 Å². The van der Waals surface area contributed by atoms with E-state index in [1.807, 2.05) is 27.7 Å². The van der Waals surface area contributed by atoms with Gasteiger partial charge in [-0.2, -0.15) is 4.98 Å². The van der Waals surface area contributed by atoms with Crippen molar-refractivity contribution in [1.82, 2.24) is 25.0 Å². The Morgan fingerprint density at radius 2 is 1.78 bits per heavy atom. The number of aromatic nitrogens is 5. The molecule has 150 valence electrons. The molecule has 0 aliphatic rings. The van der Waals surface area contributed by atoms with Gasteiger partial charge in [0.1, 0.15) is 12.8 Å². The summed E-state index contributed by atoms with van der Waals surface area (Å²) in [6.45, 7) is 9.72. The van der Waals surface area contributed by atoms with Crippen LogP contribution < -0.4 is 10.9 Å². The Balaban J connectivity index is 2.11. The minimum Gasteiger partial charge on any atom is -0.376 e. The van der Waals surface area contributed by atoms with Crippen LogP contribution in [0.15, 0.2) is 4.79 Å². The van der Waals surface area contributed by atoms with Crippen molar-refractivity contribution in [2.75, 3.05) is 18.5 Å². The molecule has 0 fully saturated rings.